The SMILES string of the molecule is Cc1ccc(-c2c(C)oc3cc(OC(=O)C(C)NS(=O)(=O)c4ccc(Cl)cc4)ccc3c2=O)cc1. The minimum absolute atomic E-state index is 0.0334. The van der Waals surface area contributed by atoms with Crippen molar-refractivity contribution < 1.29 is 22.4 Å². The van der Waals surface area contributed by atoms with Gasteiger partial charge in [0.1, 0.15) is 23.1 Å². The van der Waals surface area contributed by atoms with E-state index in [2.05, 4.69) is 4.72 Å². The van der Waals surface area contributed by atoms with Crippen molar-refractivity contribution in [2.75, 3.05) is 0 Å². The predicted molar refractivity (Wildman–Crippen MR) is 134 cm³/mol. The van der Waals surface area contributed by atoms with E-state index in [0.29, 0.717) is 21.7 Å². The van der Waals surface area contributed by atoms with Gasteiger partial charge in [-0.1, -0.05) is 41.4 Å². The summed E-state index contributed by atoms with van der Waals surface area (Å²) in [6.07, 6.45) is 0. The van der Waals surface area contributed by atoms with Gasteiger partial charge in [-0.25, -0.2) is 13.2 Å². The molecule has 0 amide bonds. The molecule has 0 spiro atoms. The van der Waals surface area contributed by atoms with Crippen molar-refractivity contribution in [2.24, 2.45) is 0 Å². The quantitative estimate of drug-likeness (QED) is 0.288. The summed E-state index contributed by atoms with van der Waals surface area (Å²) in [7, 11) is -3.96. The van der Waals surface area contributed by atoms with Crippen LogP contribution in [0.3, 0.4) is 0 Å². The molecular formula is C26H22ClNO6S. The van der Waals surface area contributed by atoms with Gasteiger partial charge in [-0.15, -0.1) is 0 Å². The van der Waals surface area contributed by atoms with E-state index in [-0.39, 0.29) is 21.7 Å². The van der Waals surface area contributed by atoms with Crippen LogP contribution in [0, 0.1) is 13.8 Å². The summed E-state index contributed by atoms with van der Waals surface area (Å²) in [6.45, 7) is 5.03. The summed E-state index contributed by atoms with van der Waals surface area (Å²) in [5, 5.41) is 0.725. The Morgan fingerprint density at radius 2 is 1.66 bits per heavy atom. The number of esters is 1. The smallest absolute Gasteiger partial charge is 0.329 e. The van der Waals surface area contributed by atoms with Crippen molar-refractivity contribution in [1.29, 1.82) is 0 Å². The molecule has 0 saturated heterocycles. The number of aryl methyl sites for hydroxylation is 2. The number of carbonyl (C=O) groups is 1. The monoisotopic (exact) mass is 511 g/mol. The normalized spacial score (nSPS) is 12.5. The number of hydrogen-bond acceptors (Lipinski definition) is 6. The van der Waals surface area contributed by atoms with Gasteiger partial charge in [0.2, 0.25) is 15.5 Å². The van der Waals surface area contributed by atoms with Crippen LogP contribution in [-0.2, 0) is 14.8 Å². The minimum Gasteiger partial charge on any atom is -0.460 e. The van der Waals surface area contributed by atoms with Gasteiger partial charge in [-0.2, -0.15) is 4.72 Å². The molecule has 0 fully saturated rings. The molecule has 7 nitrogen and oxygen atoms in total. The summed E-state index contributed by atoms with van der Waals surface area (Å²) in [4.78, 5) is 25.7. The number of sulfonamides is 1. The Morgan fingerprint density at radius 1 is 1.00 bits per heavy atom. The molecule has 35 heavy (non-hydrogen) atoms. The van der Waals surface area contributed by atoms with Crippen molar-refractivity contribution in [1.82, 2.24) is 4.72 Å². The second-order valence-electron chi connectivity index (χ2n) is 8.10. The molecule has 1 heterocycles. The van der Waals surface area contributed by atoms with E-state index >= 15 is 0 Å². The zero-order chi connectivity index (χ0) is 25.3. The van der Waals surface area contributed by atoms with Crippen molar-refractivity contribution in [3.8, 4) is 16.9 Å². The molecule has 1 aromatic heterocycles. The number of benzene rings is 3. The van der Waals surface area contributed by atoms with Crippen LogP contribution in [0.25, 0.3) is 22.1 Å². The highest BCUT2D eigenvalue weighted by molar-refractivity contribution is 7.89. The summed E-state index contributed by atoms with van der Waals surface area (Å²) >= 11 is 5.80. The van der Waals surface area contributed by atoms with E-state index in [4.69, 9.17) is 20.8 Å². The lowest BCUT2D eigenvalue weighted by Gasteiger charge is -2.14. The molecule has 4 aromatic rings. The lowest BCUT2D eigenvalue weighted by atomic mass is 10.0. The van der Waals surface area contributed by atoms with E-state index in [1.165, 1.54) is 49.4 Å². The van der Waals surface area contributed by atoms with Gasteiger partial charge >= 0.3 is 5.97 Å². The number of nitrogens with one attached hydrogen (secondary N) is 1. The second-order valence-corrected chi connectivity index (χ2v) is 10.3. The Kier molecular flexibility index (Phi) is 6.80. The Balaban J connectivity index is 1.56. The third-order valence-electron chi connectivity index (χ3n) is 5.41. The Bertz CT molecular complexity index is 1580. The zero-order valence-electron chi connectivity index (χ0n) is 19.2. The lowest BCUT2D eigenvalue weighted by molar-refractivity contribution is -0.135. The van der Waals surface area contributed by atoms with Gasteiger partial charge < -0.3 is 9.15 Å². The number of rotatable bonds is 6. The predicted octanol–water partition coefficient (Wildman–Crippen LogP) is 5.00. The average molecular weight is 512 g/mol. The molecule has 0 aliphatic carbocycles. The molecule has 0 saturated carbocycles. The van der Waals surface area contributed by atoms with Crippen LogP contribution in [-0.4, -0.2) is 20.4 Å². The van der Waals surface area contributed by atoms with Crippen LogP contribution < -0.4 is 14.9 Å². The summed E-state index contributed by atoms with van der Waals surface area (Å²) < 4.78 is 38.5. The van der Waals surface area contributed by atoms with E-state index in [1.54, 1.807) is 6.92 Å². The first-order chi connectivity index (χ1) is 16.5. The maximum Gasteiger partial charge on any atom is 0.329 e. The number of hydrogen-bond donors (Lipinski definition) is 1. The summed E-state index contributed by atoms with van der Waals surface area (Å²) in [5.41, 5.74) is 2.35. The van der Waals surface area contributed by atoms with Crippen LogP contribution in [0.4, 0.5) is 0 Å². The second kappa shape index (κ2) is 9.65. The van der Waals surface area contributed by atoms with Crippen LogP contribution in [0.5, 0.6) is 5.75 Å². The van der Waals surface area contributed by atoms with Gasteiger partial charge in [0.25, 0.3) is 0 Å². The molecule has 0 bridgehead atoms. The number of fused-ring (bicyclic) bond motifs is 1. The van der Waals surface area contributed by atoms with Gasteiger partial charge in [0.05, 0.1) is 15.8 Å². The van der Waals surface area contributed by atoms with Gasteiger partial charge in [0.15, 0.2) is 0 Å². The minimum atomic E-state index is -3.96. The number of halogens is 1. The van der Waals surface area contributed by atoms with Gasteiger partial charge in [-0.05, 0) is 62.7 Å². The van der Waals surface area contributed by atoms with E-state index in [9.17, 15) is 18.0 Å². The molecule has 0 radical (unpaired) electrons. The molecule has 9 heteroatoms. The van der Waals surface area contributed by atoms with Crippen molar-refractivity contribution >= 4 is 38.6 Å². The molecule has 4 rings (SSSR count). The van der Waals surface area contributed by atoms with E-state index in [0.717, 1.165) is 11.1 Å². The van der Waals surface area contributed by atoms with Crippen LogP contribution in [0.15, 0.2) is 80.8 Å². The maximum atomic E-state index is 13.1. The first-order valence-electron chi connectivity index (χ1n) is 10.7. The molecule has 180 valence electrons. The zero-order valence-corrected chi connectivity index (χ0v) is 20.7. The topological polar surface area (TPSA) is 103 Å². The fourth-order valence-electron chi connectivity index (χ4n) is 3.57. The summed E-state index contributed by atoms with van der Waals surface area (Å²) in [5.74, 6) is -0.276. The van der Waals surface area contributed by atoms with E-state index < -0.39 is 22.0 Å². The van der Waals surface area contributed by atoms with Crippen LogP contribution >= 0.6 is 11.6 Å². The van der Waals surface area contributed by atoms with Gasteiger partial charge in [0, 0.05) is 11.1 Å². The molecular weight excluding hydrogens is 490 g/mol. The molecule has 0 aliphatic heterocycles. The van der Waals surface area contributed by atoms with Gasteiger partial charge in [-0.3, -0.25) is 4.79 Å². The Morgan fingerprint density at radius 3 is 2.31 bits per heavy atom. The van der Waals surface area contributed by atoms with Crippen molar-refractivity contribution in [2.45, 2.75) is 31.7 Å². The van der Waals surface area contributed by atoms with Crippen molar-refractivity contribution in [3.05, 3.63) is 93.3 Å². The molecule has 1 unspecified atom stereocenters. The first-order valence-corrected chi connectivity index (χ1v) is 12.6. The lowest BCUT2D eigenvalue weighted by Crippen LogP contribution is -2.40. The van der Waals surface area contributed by atoms with E-state index in [1.807, 2.05) is 31.2 Å². The largest absolute Gasteiger partial charge is 0.460 e. The highest BCUT2D eigenvalue weighted by Crippen LogP contribution is 2.27. The van der Waals surface area contributed by atoms with Crippen LogP contribution in [0.1, 0.15) is 18.2 Å². The standard InChI is InChI=1S/C26H22ClNO6S/c1-15-4-6-18(7-5-15)24-17(3)33-23-14-20(10-13-22(23)25(24)29)34-26(30)16(2)28-35(31,32)21-11-8-19(27)9-12-21/h4-14,16,28H,1-3H3. The highest BCUT2D eigenvalue weighted by atomic mass is 35.5. The number of carbonyl (C=O) groups excluding carboxylic acids is 1. The fourth-order valence-corrected chi connectivity index (χ4v) is 4.89. The van der Waals surface area contributed by atoms with Crippen LogP contribution in [0.2, 0.25) is 5.02 Å². The molecule has 0 aliphatic rings. The first kappa shape index (κ1) is 24.7. The highest BCUT2D eigenvalue weighted by Gasteiger charge is 2.24. The molecule has 1 N–H and O–H groups in total. The maximum absolute atomic E-state index is 13.1. The molecule has 3 aromatic carbocycles. The number of ether oxygens (including phenoxy) is 1. The summed E-state index contributed by atoms with van der Waals surface area (Å²) in [6, 6.07) is 16.4. The Labute approximate surface area is 207 Å². The molecule has 1 atom stereocenters. The fraction of sp³-hybridized carbons (Fsp3) is 0.154. The Hall–Kier alpha value is -3.46. The average Bonchev–Trinajstić information content (AvgIpc) is 2.80. The third kappa shape index (κ3) is 5.30. The third-order valence-corrected chi connectivity index (χ3v) is 7.22. The van der Waals surface area contributed by atoms with Crippen molar-refractivity contribution in [3.63, 3.8) is 0 Å².